The number of anilines is 1. The fourth-order valence-corrected chi connectivity index (χ4v) is 2.75. The SMILES string of the molecule is COC(=O)c1cc(O)ccc1[N+](=O)[O-].O=CO[O-].[2H]C([2H])([2H])I.[2H]C([2H])([2H])Oc1ccc(N)c(C(=O)O)c1.[2H]C([2H])([2H])Oc1ccc([N+](=O)[O-])c(C(=O)OC)c1.[H-].[K+].[K+]. The van der Waals surface area contributed by atoms with Crippen LogP contribution in [0.25, 0.3) is 0 Å². The summed E-state index contributed by atoms with van der Waals surface area (Å²) in [5, 5.41) is 47.3. The number of methoxy groups -OCH3 is 4. The van der Waals surface area contributed by atoms with Crippen molar-refractivity contribution >= 4 is 64.0 Å². The van der Waals surface area contributed by atoms with E-state index in [1.165, 1.54) is 34.7 Å². The number of aromatic hydroxyl groups is 1. The van der Waals surface area contributed by atoms with E-state index in [1.54, 1.807) is 0 Å². The van der Waals surface area contributed by atoms with Gasteiger partial charge in [0.25, 0.3) is 17.8 Å². The summed E-state index contributed by atoms with van der Waals surface area (Å²) in [5.74, 6) is -3.49. The molecule has 0 saturated heterocycles. The fraction of sp³-hybridized carbons (Fsp3) is 0.185. The zero-order chi connectivity index (χ0) is 44.2. The number of aromatic carboxylic acids is 1. The molecule has 3 aromatic rings. The number of nitrogen functional groups attached to an aromatic ring is 1. The van der Waals surface area contributed by atoms with Gasteiger partial charge in [0.2, 0.25) is 0 Å². The maximum atomic E-state index is 11.3. The number of nitrogens with two attached hydrogens (primary N) is 1. The van der Waals surface area contributed by atoms with E-state index >= 15 is 0 Å². The van der Waals surface area contributed by atoms with Crippen molar-refractivity contribution in [2.45, 2.75) is 0 Å². The molecule has 0 aliphatic heterocycles. The van der Waals surface area contributed by atoms with Gasteiger partial charge in [-0.1, -0.05) is 22.6 Å². The molecule has 0 spiro atoms. The van der Waals surface area contributed by atoms with E-state index in [-0.39, 0.29) is 150 Å². The van der Waals surface area contributed by atoms with Gasteiger partial charge in [-0.2, -0.15) is 0 Å². The minimum absolute atomic E-state index is 0. The summed E-state index contributed by atoms with van der Waals surface area (Å²) in [6.07, 6.45) is 0. The van der Waals surface area contributed by atoms with E-state index in [9.17, 15) is 34.6 Å². The smallest absolute Gasteiger partial charge is 1.00 e. The molecule has 0 amide bonds. The van der Waals surface area contributed by atoms with Gasteiger partial charge in [-0.25, -0.2) is 14.4 Å². The number of carboxylic acid groups (broad SMARTS) is 1. The maximum absolute atomic E-state index is 11.3. The van der Waals surface area contributed by atoms with Crippen LogP contribution in [-0.2, 0) is 19.2 Å². The summed E-state index contributed by atoms with van der Waals surface area (Å²) < 4.78 is 77.7. The number of nitro benzene ring substituents is 2. The number of alkyl halides is 1. The van der Waals surface area contributed by atoms with Gasteiger partial charge in [0.15, 0.2) is 0 Å². The Bertz CT molecular complexity index is 1830. The number of esters is 2. The van der Waals surface area contributed by atoms with Gasteiger partial charge in [0, 0.05) is 34.1 Å². The van der Waals surface area contributed by atoms with Crippen LogP contribution in [0.3, 0.4) is 0 Å². The molecule has 0 heterocycles. The Kier molecular flexibility index (Phi) is 22.5. The summed E-state index contributed by atoms with van der Waals surface area (Å²) in [7, 11) is -3.14. The summed E-state index contributed by atoms with van der Waals surface area (Å²) in [4.78, 5) is 62.2. The minimum atomic E-state index is -2.70. The van der Waals surface area contributed by atoms with Crippen molar-refractivity contribution in [2.75, 3.05) is 38.9 Å². The van der Waals surface area contributed by atoms with E-state index < -0.39 is 58.1 Å². The van der Waals surface area contributed by atoms with Gasteiger partial charge in [-0.15, -0.1) is 0 Å². The van der Waals surface area contributed by atoms with Crippen molar-refractivity contribution in [1.29, 1.82) is 0 Å². The number of ether oxygens (including phenoxy) is 4. The molecule has 0 aromatic heterocycles. The van der Waals surface area contributed by atoms with Gasteiger partial charge in [0.1, 0.15) is 28.4 Å². The van der Waals surface area contributed by atoms with E-state index in [4.69, 9.17) is 38.3 Å². The molecule has 0 unspecified atom stereocenters. The van der Waals surface area contributed by atoms with Gasteiger partial charge in [-0.05, 0) is 35.2 Å². The molecule has 0 aliphatic rings. The topological polar surface area (TPSA) is 290 Å². The van der Waals surface area contributed by atoms with Crippen LogP contribution in [0.5, 0.6) is 17.2 Å². The molecule has 0 bridgehead atoms. The van der Waals surface area contributed by atoms with Crippen LogP contribution in [-0.4, -0.2) is 77.6 Å². The van der Waals surface area contributed by atoms with Crippen molar-refractivity contribution in [3.05, 3.63) is 91.5 Å². The third-order valence-corrected chi connectivity index (χ3v) is 4.68. The Morgan fingerprint density at radius 1 is 0.857 bits per heavy atom. The van der Waals surface area contributed by atoms with Crippen LogP contribution >= 0.6 is 22.6 Å². The number of halogens is 1. The van der Waals surface area contributed by atoms with Crippen LogP contribution in [0.15, 0.2) is 54.6 Å². The first kappa shape index (κ1) is 36.3. The van der Waals surface area contributed by atoms with Crippen molar-refractivity contribution in [2.24, 2.45) is 0 Å². The molecular formula is C27H30IK2N3O16. The molecule has 258 valence electrons. The third kappa shape index (κ3) is 20.1. The predicted octanol–water partition coefficient (Wildman–Crippen LogP) is -2.94. The third-order valence-electron chi connectivity index (χ3n) is 4.68. The summed E-state index contributed by atoms with van der Waals surface area (Å²) in [6.45, 7) is -0.181. The number of rotatable bonds is 8. The molecule has 0 saturated carbocycles. The van der Waals surface area contributed by atoms with E-state index in [2.05, 4.69) is 23.8 Å². The molecule has 4 N–H and O–H groups in total. The van der Waals surface area contributed by atoms with Crippen LogP contribution in [0.1, 0.15) is 44.8 Å². The monoisotopic (exact) mass is 866 g/mol. The number of nitro groups is 2. The average Bonchev–Trinajstić information content (AvgIpc) is 3.06. The maximum Gasteiger partial charge on any atom is 1.00 e. The first-order chi connectivity index (χ1) is 25.5. The molecule has 0 fully saturated rings. The zero-order valence-electron chi connectivity index (χ0n) is 35.7. The number of carbonyl (C=O) groups is 4. The van der Waals surface area contributed by atoms with Crippen LogP contribution < -0.4 is 123 Å². The molecular weight excluding hydrogens is 827 g/mol. The number of hydrogen-bond acceptors (Lipinski definition) is 16. The number of hydrogen-bond donors (Lipinski definition) is 3. The summed E-state index contributed by atoms with van der Waals surface area (Å²) in [5.41, 5.74) is 3.73. The Morgan fingerprint density at radius 2 is 1.24 bits per heavy atom. The number of benzene rings is 3. The fourth-order valence-electron chi connectivity index (χ4n) is 2.75. The molecule has 0 radical (unpaired) electrons. The first-order valence-electron chi connectivity index (χ1n) is 15.9. The minimum Gasteiger partial charge on any atom is -1.00 e. The number of carbonyl (C=O) groups excluding carboxylic acids is 3. The van der Waals surface area contributed by atoms with Gasteiger partial charge in [0.05, 0.1) is 51.9 Å². The number of nitrogens with zero attached hydrogens (tertiary/aromatic N) is 2. The standard InChI is InChI=1S/C9H9NO5.C8H7NO5.C8H9NO3.CH3I.CH2O3.2K.H/c1-14-6-3-4-8(10(12)13)7(5-6)9(11)15-2;1-14-8(11)6-4-5(10)2-3-7(6)9(12)13;1-12-5-2-3-7(9)6(4-5)8(10)11;1-2;2-1-4-3;;;/h3-5H,1-2H3;2-4,10H,1H3;2-4H,9H2,1H3,(H,10,11);1H3;1,3H;;;/q;;;;;2*+1;-1/p-1/i1D3;;2*1D3;;;;. The molecule has 3 aromatic carbocycles. The van der Waals surface area contributed by atoms with E-state index in [0.29, 0.717) is 0 Å². The zero-order valence-corrected chi connectivity index (χ0v) is 34.1. The quantitative estimate of drug-likeness (QED) is 0.0235. The van der Waals surface area contributed by atoms with Crippen LogP contribution in [0.2, 0.25) is 0 Å². The van der Waals surface area contributed by atoms with Crippen molar-refractivity contribution < 1.29 is 185 Å². The van der Waals surface area contributed by atoms with E-state index in [1.807, 2.05) is 0 Å². The van der Waals surface area contributed by atoms with Gasteiger partial charge in [-0.3, -0.25) is 25.0 Å². The van der Waals surface area contributed by atoms with Crippen LogP contribution in [0.4, 0.5) is 17.1 Å². The molecule has 49 heavy (non-hydrogen) atoms. The second-order valence-electron chi connectivity index (χ2n) is 7.33. The molecule has 0 atom stereocenters. The molecule has 3 rings (SSSR count). The first-order valence-corrected chi connectivity index (χ1v) is 12.4. The van der Waals surface area contributed by atoms with Gasteiger partial charge < -0.3 is 46.5 Å². The molecule has 22 heteroatoms. The van der Waals surface area contributed by atoms with E-state index in [0.717, 1.165) is 56.7 Å². The van der Waals surface area contributed by atoms with Crippen molar-refractivity contribution in [1.82, 2.24) is 0 Å². The Hall–Kier alpha value is -2.50. The number of phenols is 1. The second-order valence-corrected chi connectivity index (χ2v) is 7.33. The van der Waals surface area contributed by atoms with Crippen LogP contribution in [0, 0.1) is 20.2 Å². The molecule has 0 aliphatic carbocycles. The summed E-state index contributed by atoms with van der Waals surface area (Å²) >= 11 is 1.38. The Morgan fingerprint density at radius 3 is 1.61 bits per heavy atom. The summed E-state index contributed by atoms with van der Waals surface area (Å²) in [6, 6.07) is 9.85. The largest absolute Gasteiger partial charge is 1.00 e. The normalized spacial score (nSPS) is 12.0. The second kappa shape index (κ2) is 30.3. The number of phenolic OH excluding ortho intramolecular Hbond substituents is 1. The average molecular weight is 867 g/mol. The van der Waals surface area contributed by atoms with Crippen molar-refractivity contribution in [3.8, 4) is 17.2 Å². The molecule has 19 nitrogen and oxygen atoms in total. The van der Waals surface area contributed by atoms with Crippen molar-refractivity contribution in [3.63, 3.8) is 0 Å². The predicted molar refractivity (Wildman–Crippen MR) is 170 cm³/mol. The Labute approximate surface area is 391 Å². The Balaban J connectivity index is -0.000000220. The number of carboxylic acids is 1. The van der Waals surface area contributed by atoms with Gasteiger partial charge >= 0.3 is 121 Å².